The van der Waals surface area contributed by atoms with E-state index in [4.69, 9.17) is 14.2 Å². The van der Waals surface area contributed by atoms with Crippen molar-refractivity contribution >= 4 is 29.8 Å². The van der Waals surface area contributed by atoms with Crippen LogP contribution in [0.4, 0.5) is 15.3 Å². The van der Waals surface area contributed by atoms with E-state index in [-0.39, 0.29) is 12.5 Å². The topological polar surface area (TPSA) is 138 Å². The molecule has 11 nitrogen and oxygen atoms in total. The van der Waals surface area contributed by atoms with Gasteiger partial charge in [-0.05, 0) is 102 Å². The summed E-state index contributed by atoms with van der Waals surface area (Å²) in [7, 11) is 0. The number of alkyl carbamates (subject to hydrolysis) is 1. The van der Waals surface area contributed by atoms with Crippen molar-refractivity contribution in [3.05, 3.63) is 101 Å². The third-order valence-corrected chi connectivity index (χ3v) is 6.91. The molecule has 0 aliphatic rings. The molecule has 0 spiro atoms. The fraction of sp³-hybridized carbons (Fsp3) is 0.324. The normalized spacial score (nSPS) is 12.1. The molecule has 4 aromatic rings. The standard InChI is InChI=1S/C37H42N4O7/c1-23-9-18-30(24(2)19-23)33(43)46-29-16-12-26(13-17-29)31(21-38-34(44)47-36(3,4)5)32(42)40-28-14-10-25(11-15-28)27-20-39-41(22-27)35(45)48-37(6,7)8/h9-20,22,31H,21H2,1-8H3,(H,38,44)(H,40,42). The minimum atomic E-state index is -0.812. The molecule has 0 aliphatic carbocycles. The number of hydrogen-bond donors (Lipinski definition) is 2. The van der Waals surface area contributed by atoms with Gasteiger partial charge in [0.1, 0.15) is 17.0 Å². The number of carbonyl (C=O) groups is 4. The van der Waals surface area contributed by atoms with E-state index in [0.717, 1.165) is 21.4 Å². The molecular formula is C37H42N4O7. The average molecular weight is 655 g/mol. The number of aryl methyl sites for hydroxylation is 2. The summed E-state index contributed by atoms with van der Waals surface area (Å²) in [6.45, 7) is 14.3. The van der Waals surface area contributed by atoms with Gasteiger partial charge in [0, 0.05) is 24.0 Å². The summed E-state index contributed by atoms with van der Waals surface area (Å²) in [6.07, 6.45) is 1.88. The van der Waals surface area contributed by atoms with Crippen molar-refractivity contribution in [2.45, 2.75) is 72.5 Å². The molecule has 0 fully saturated rings. The Morgan fingerprint density at radius 3 is 2.06 bits per heavy atom. The van der Waals surface area contributed by atoms with Crippen molar-refractivity contribution in [2.24, 2.45) is 0 Å². The first kappa shape index (κ1) is 35.4. The molecule has 0 saturated heterocycles. The summed E-state index contributed by atoms with van der Waals surface area (Å²) in [5.74, 6) is -1.36. The van der Waals surface area contributed by atoms with Crippen LogP contribution in [0.5, 0.6) is 5.75 Å². The van der Waals surface area contributed by atoms with Crippen LogP contribution >= 0.6 is 0 Å². The monoisotopic (exact) mass is 654 g/mol. The quantitative estimate of drug-likeness (QED) is 0.148. The highest BCUT2D eigenvalue weighted by molar-refractivity contribution is 5.96. The lowest BCUT2D eigenvalue weighted by Gasteiger charge is -2.22. The highest BCUT2D eigenvalue weighted by Crippen LogP contribution is 2.25. The second kappa shape index (κ2) is 14.5. The molecule has 1 heterocycles. The molecule has 11 heteroatoms. The van der Waals surface area contributed by atoms with Crippen LogP contribution in [0.1, 0.15) is 74.5 Å². The van der Waals surface area contributed by atoms with E-state index in [1.165, 1.54) is 0 Å². The van der Waals surface area contributed by atoms with Crippen molar-refractivity contribution in [3.63, 3.8) is 0 Å². The van der Waals surface area contributed by atoms with Crippen molar-refractivity contribution in [1.82, 2.24) is 15.1 Å². The van der Waals surface area contributed by atoms with E-state index in [1.54, 1.807) is 109 Å². The summed E-state index contributed by atoms with van der Waals surface area (Å²) in [6, 6.07) is 19.1. The Bertz CT molecular complexity index is 1780. The maximum absolute atomic E-state index is 13.6. The Labute approximate surface area is 280 Å². The van der Waals surface area contributed by atoms with Crippen LogP contribution in [0.25, 0.3) is 11.1 Å². The van der Waals surface area contributed by atoms with Gasteiger partial charge in [0.15, 0.2) is 0 Å². The Balaban J connectivity index is 1.48. The lowest BCUT2D eigenvalue weighted by Crippen LogP contribution is -2.37. The molecule has 0 radical (unpaired) electrons. The highest BCUT2D eigenvalue weighted by atomic mass is 16.6. The Kier molecular flexibility index (Phi) is 10.7. The molecule has 1 aromatic heterocycles. The molecule has 0 saturated carbocycles. The largest absolute Gasteiger partial charge is 0.444 e. The zero-order valence-electron chi connectivity index (χ0n) is 28.5. The number of benzene rings is 3. The number of carbonyl (C=O) groups excluding carboxylic acids is 4. The van der Waals surface area contributed by atoms with E-state index < -0.39 is 35.3 Å². The SMILES string of the molecule is Cc1ccc(C(=O)Oc2ccc(C(CNC(=O)OC(C)(C)C)C(=O)Nc3ccc(-c4cnn(C(=O)OC(C)(C)C)c4)cc3)cc2)c(C)c1. The van der Waals surface area contributed by atoms with Crippen LogP contribution in [0.2, 0.25) is 0 Å². The van der Waals surface area contributed by atoms with Gasteiger partial charge >= 0.3 is 18.2 Å². The van der Waals surface area contributed by atoms with E-state index in [9.17, 15) is 19.2 Å². The number of nitrogens with one attached hydrogen (secondary N) is 2. The molecular weight excluding hydrogens is 612 g/mol. The first-order chi connectivity index (χ1) is 22.5. The number of rotatable bonds is 8. The number of aromatic nitrogens is 2. The van der Waals surface area contributed by atoms with Gasteiger partial charge in [0.25, 0.3) is 0 Å². The predicted octanol–water partition coefficient (Wildman–Crippen LogP) is 7.42. The minimum Gasteiger partial charge on any atom is -0.444 e. The number of amides is 2. The van der Waals surface area contributed by atoms with Crippen LogP contribution in [-0.4, -0.2) is 51.6 Å². The third-order valence-electron chi connectivity index (χ3n) is 6.91. The van der Waals surface area contributed by atoms with Crippen molar-refractivity contribution in [1.29, 1.82) is 0 Å². The number of anilines is 1. The molecule has 0 bridgehead atoms. The van der Waals surface area contributed by atoms with Gasteiger partial charge in [0.2, 0.25) is 5.91 Å². The first-order valence-electron chi connectivity index (χ1n) is 15.5. The maximum atomic E-state index is 13.6. The lowest BCUT2D eigenvalue weighted by molar-refractivity contribution is -0.117. The average Bonchev–Trinajstić information content (AvgIpc) is 3.47. The second-order valence-corrected chi connectivity index (χ2v) is 13.4. The van der Waals surface area contributed by atoms with Crippen LogP contribution in [0, 0.1) is 13.8 Å². The summed E-state index contributed by atoms with van der Waals surface area (Å²) in [4.78, 5) is 51.2. The summed E-state index contributed by atoms with van der Waals surface area (Å²) < 4.78 is 17.4. The molecule has 4 rings (SSSR count). The molecule has 1 atom stereocenters. The molecule has 252 valence electrons. The van der Waals surface area contributed by atoms with Gasteiger partial charge in [-0.3, -0.25) is 4.79 Å². The van der Waals surface area contributed by atoms with E-state index in [1.807, 2.05) is 26.0 Å². The van der Waals surface area contributed by atoms with Gasteiger partial charge in [-0.25, -0.2) is 14.4 Å². The molecule has 48 heavy (non-hydrogen) atoms. The van der Waals surface area contributed by atoms with Crippen molar-refractivity contribution in [2.75, 3.05) is 11.9 Å². The first-order valence-corrected chi connectivity index (χ1v) is 15.5. The summed E-state index contributed by atoms with van der Waals surface area (Å²) in [5.41, 5.74) is 3.52. The van der Waals surface area contributed by atoms with Gasteiger partial charge < -0.3 is 24.8 Å². The van der Waals surface area contributed by atoms with Gasteiger partial charge in [0.05, 0.1) is 17.7 Å². The van der Waals surface area contributed by atoms with Crippen LogP contribution in [0.15, 0.2) is 79.1 Å². The predicted molar refractivity (Wildman–Crippen MR) is 182 cm³/mol. The summed E-state index contributed by atoms with van der Waals surface area (Å²) in [5, 5.41) is 9.70. The minimum absolute atomic E-state index is 0.0512. The van der Waals surface area contributed by atoms with Crippen LogP contribution in [0.3, 0.4) is 0 Å². The number of nitrogens with zero attached hydrogens (tertiary/aromatic N) is 2. The molecule has 1 unspecified atom stereocenters. The fourth-order valence-electron chi connectivity index (χ4n) is 4.69. The third kappa shape index (κ3) is 10.0. The second-order valence-electron chi connectivity index (χ2n) is 13.4. The highest BCUT2D eigenvalue weighted by Gasteiger charge is 2.25. The number of ether oxygens (including phenoxy) is 3. The van der Waals surface area contributed by atoms with Crippen molar-refractivity contribution < 1.29 is 33.4 Å². The smallest absolute Gasteiger partial charge is 0.435 e. The van der Waals surface area contributed by atoms with E-state index in [0.29, 0.717) is 28.1 Å². The number of esters is 1. The molecule has 2 N–H and O–H groups in total. The van der Waals surface area contributed by atoms with Gasteiger partial charge in [-0.2, -0.15) is 9.78 Å². The lowest BCUT2D eigenvalue weighted by atomic mass is 9.97. The Morgan fingerprint density at radius 2 is 1.46 bits per heavy atom. The fourth-order valence-corrected chi connectivity index (χ4v) is 4.69. The van der Waals surface area contributed by atoms with Crippen molar-refractivity contribution in [3.8, 4) is 16.9 Å². The molecule has 2 amide bonds. The molecule has 3 aromatic carbocycles. The zero-order chi connectivity index (χ0) is 35.2. The number of hydrogen-bond acceptors (Lipinski definition) is 8. The van der Waals surface area contributed by atoms with E-state index in [2.05, 4.69) is 15.7 Å². The van der Waals surface area contributed by atoms with Gasteiger partial charge in [-0.1, -0.05) is 42.0 Å². The van der Waals surface area contributed by atoms with Crippen LogP contribution < -0.4 is 15.4 Å². The van der Waals surface area contributed by atoms with E-state index >= 15 is 0 Å². The van der Waals surface area contributed by atoms with Gasteiger partial charge in [-0.15, -0.1) is 0 Å². The van der Waals surface area contributed by atoms with Crippen LogP contribution in [-0.2, 0) is 14.3 Å². The Morgan fingerprint density at radius 1 is 0.812 bits per heavy atom. The zero-order valence-corrected chi connectivity index (χ0v) is 28.5. The Hall–Kier alpha value is -5.45. The molecule has 0 aliphatic heterocycles. The summed E-state index contributed by atoms with van der Waals surface area (Å²) >= 11 is 0. The maximum Gasteiger partial charge on any atom is 0.435 e.